The molecule has 0 saturated carbocycles. The van der Waals surface area contributed by atoms with Crippen LogP contribution < -0.4 is 0 Å². The van der Waals surface area contributed by atoms with Crippen molar-refractivity contribution in [3.05, 3.63) is 24.5 Å². The molecule has 12 heavy (non-hydrogen) atoms. The molecule has 1 aromatic heterocycles. The van der Waals surface area contributed by atoms with E-state index >= 15 is 0 Å². The fourth-order valence-corrected chi connectivity index (χ4v) is 1.68. The van der Waals surface area contributed by atoms with Gasteiger partial charge in [0.15, 0.2) is 0 Å². The van der Waals surface area contributed by atoms with E-state index in [9.17, 15) is 0 Å². The zero-order valence-corrected chi connectivity index (χ0v) is 8.32. The maximum atomic E-state index is 5.12. The molecule has 0 saturated heterocycles. The van der Waals surface area contributed by atoms with E-state index < -0.39 is 0 Å². The van der Waals surface area contributed by atoms with Gasteiger partial charge in [0.2, 0.25) is 4.38 Å². The van der Waals surface area contributed by atoms with Crippen molar-refractivity contribution >= 4 is 28.4 Å². The maximum absolute atomic E-state index is 5.12. The van der Waals surface area contributed by atoms with Crippen LogP contribution in [-0.2, 0) is 4.74 Å². The van der Waals surface area contributed by atoms with Crippen LogP contribution in [0.2, 0.25) is 0 Å². The second kappa shape index (κ2) is 5.11. The predicted octanol–water partition coefficient (Wildman–Crippen LogP) is 2.50. The van der Waals surface area contributed by atoms with E-state index in [2.05, 4.69) is 4.98 Å². The molecule has 0 aliphatic carbocycles. The lowest BCUT2D eigenvalue weighted by molar-refractivity contribution is 0.346. The first-order valence-corrected chi connectivity index (χ1v) is 4.80. The van der Waals surface area contributed by atoms with E-state index in [0.717, 1.165) is 4.90 Å². The molecule has 0 fully saturated rings. The van der Waals surface area contributed by atoms with Gasteiger partial charge in [-0.1, -0.05) is 0 Å². The Kier molecular flexibility index (Phi) is 4.04. The highest BCUT2D eigenvalue weighted by Crippen LogP contribution is 2.18. The van der Waals surface area contributed by atoms with Gasteiger partial charge < -0.3 is 4.74 Å². The average Bonchev–Trinajstić information content (AvgIpc) is 2.06. The van der Waals surface area contributed by atoms with Crippen molar-refractivity contribution < 1.29 is 4.74 Å². The van der Waals surface area contributed by atoms with Crippen molar-refractivity contribution in [3.8, 4) is 0 Å². The molecular formula is C8H9NOS2. The zero-order valence-electron chi connectivity index (χ0n) is 6.69. The molecule has 0 N–H and O–H groups in total. The highest BCUT2D eigenvalue weighted by molar-refractivity contribution is 8.22. The summed E-state index contributed by atoms with van der Waals surface area (Å²) < 4.78 is 5.68. The first-order valence-electron chi connectivity index (χ1n) is 3.57. The Labute approximate surface area is 81.3 Å². The molecule has 2 nitrogen and oxygen atoms in total. The van der Waals surface area contributed by atoms with Crippen molar-refractivity contribution in [2.75, 3.05) is 6.61 Å². The molecule has 0 spiro atoms. The first-order chi connectivity index (χ1) is 5.83. The van der Waals surface area contributed by atoms with E-state index in [1.165, 1.54) is 11.8 Å². The Morgan fingerprint density at radius 3 is 2.83 bits per heavy atom. The Bertz CT molecular complexity index is 250. The van der Waals surface area contributed by atoms with Crippen molar-refractivity contribution in [3.63, 3.8) is 0 Å². The number of thiocarbonyl (C=S) groups is 1. The van der Waals surface area contributed by atoms with Crippen LogP contribution >= 0.6 is 24.0 Å². The van der Waals surface area contributed by atoms with Crippen LogP contribution in [0.25, 0.3) is 0 Å². The summed E-state index contributed by atoms with van der Waals surface area (Å²) in [6.45, 7) is 2.54. The molecule has 0 unspecified atom stereocenters. The predicted molar refractivity (Wildman–Crippen MR) is 54.3 cm³/mol. The largest absolute Gasteiger partial charge is 0.479 e. The smallest absolute Gasteiger partial charge is 0.224 e. The van der Waals surface area contributed by atoms with Crippen LogP contribution in [0, 0.1) is 0 Å². The summed E-state index contributed by atoms with van der Waals surface area (Å²) in [5, 5.41) is 0. The van der Waals surface area contributed by atoms with Crippen molar-refractivity contribution in [2.24, 2.45) is 0 Å². The van der Waals surface area contributed by atoms with Crippen LogP contribution in [0.1, 0.15) is 6.92 Å². The number of aromatic nitrogens is 1. The molecule has 0 aromatic carbocycles. The van der Waals surface area contributed by atoms with E-state index in [0.29, 0.717) is 11.0 Å². The number of thioether (sulfide) groups is 1. The van der Waals surface area contributed by atoms with Crippen LogP contribution in [0.3, 0.4) is 0 Å². The second-order valence-electron chi connectivity index (χ2n) is 1.97. The van der Waals surface area contributed by atoms with Gasteiger partial charge in [0.1, 0.15) is 0 Å². The number of hydrogen-bond acceptors (Lipinski definition) is 4. The summed E-state index contributed by atoms with van der Waals surface area (Å²) >= 11 is 6.39. The lowest BCUT2D eigenvalue weighted by Gasteiger charge is -2.02. The summed E-state index contributed by atoms with van der Waals surface area (Å²) in [5.74, 6) is 0. The Hall–Kier alpha value is -0.610. The van der Waals surface area contributed by atoms with Gasteiger partial charge in [-0.25, -0.2) is 0 Å². The normalized spacial score (nSPS) is 9.42. The van der Waals surface area contributed by atoms with Gasteiger partial charge in [-0.05, 0) is 43.0 Å². The SMILES string of the molecule is CCOC(=S)Sc1ccncc1. The van der Waals surface area contributed by atoms with Crippen molar-refractivity contribution in [1.29, 1.82) is 0 Å². The van der Waals surface area contributed by atoms with Gasteiger partial charge in [0.05, 0.1) is 6.61 Å². The van der Waals surface area contributed by atoms with E-state index in [4.69, 9.17) is 17.0 Å². The number of pyridine rings is 1. The van der Waals surface area contributed by atoms with Crippen LogP contribution in [0.15, 0.2) is 29.4 Å². The molecule has 0 aliphatic rings. The molecular weight excluding hydrogens is 190 g/mol. The lowest BCUT2D eigenvalue weighted by atomic mass is 10.5. The summed E-state index contributed by atoms with van der Waals surface area (Å²) in [5.41, 5.74) is 0. The fourth-order valence-electron chi connectivity index (χ4n) is 0.650. The lowest BCUT2D eigenvalue weighted by Crippen LogP contribution is -1.94. The summed E-state index contributed by atoms with van der Waals surface area (Å²) in [6, 6.07) is 3.80. The Balaban J connectivity index is 2.47. The topological polar surface area (TPSA) is 22.1 Å². The number of rotatable bonds is 2. The van der Waals surface area contributed by atoms with E-state index in [1.807, 2.05) is 19.1 Å². The maximum Gasteiger partial charge on any atom is 0.224 e. The fraction of sp³-hybridized carbons (Fsp3) is 0.250. The van der Waals surface area contributed by atoms with Crippen LogP contribution in [-0.4, -0.2) is 16.0 Å². The van der Waals surface area contributed by atoms with Crippen molar-refractivity contribution in [1.82, 2.24) is 4.98 Å². The third kappa shape index (κ3) is 3.19. The van der Waals surface area contributed by atoms with Gasteiger partial charge in [-0.3, -0.25) is 4.98 Å². The van der Waals surface area contributed by atoms with Gasteiger partial charge >= 0.3 is 0 Å². The molecule has 0 amide bonds. The molecule has 0 radical (unpaired) electrons. The standard InChI is InChI=1S/C8H9NOS2/c1-2-10-8(11)12-7-3-5-9-6-4-7/h3-6H,2H2,1H3. The van der Waals surface area contributed by atoms with Crippen LogP contribution in [0.4, 0.5) is 0 Å². The molecule has 64 valence electrons. The number of nitrogens with zero attached hydrogens (tertiary/aromatic N) is 1. The Morgan fingerprint density at radius 2 is 2.25 bits per heavy atom. The molecule has 0 aliphatic heterocycles. The third-order valence-electron chi connectivity index (χ3n) is 1.11. The quantitative estimate of drug-likeness (QED) is 0.539. The molecule has 1 heterocycles. The van der Waals surface area contributed by atoms with Gasteiger partial charge in [-0.15, -0.1) is 0 Å². The molecule has 1 rings (SSSR count). The number of hydrogen-bond donors (Lipinski definition) is 0. The van der Waals surface area contributed by atoms with Gasteiger partial charge in [0, 0.05) is 17.3 Å². The minimum Gasteiger partial charge on any atom is -0.479 e. The summed E-state index contributed by atoms with van der Waals surface area (Å²) in [4.78, 5) is 4.96. The molecule has 0 atom stereocenters. The highest BCUT2D eigenvalue weighted by atomic mass is 32.2. The van der Waals surface area contributed by atoms with Crippen molar-refractivity contribution in [2.45, 2.75) is 11.8 Å². The highest BCUT2D eigenvalue weighted by Gasteiger charge is 1.98. The van der Waals surface area contributed by atoms with Crippen LogP contribution in [0.5, 0.6) is 0 Å². The summed E-state index contributed by atoms with van der Waals surface area (Å²) in [6.07, 6.45) is 3.47. The average molecular weight is 199 g/mol. The minimum atomic E-state index is 0.559. The zero-order chi connectivity index (χ0) is 8.81. The molecule has 0 bridgehead atoms. The van der Waals surface area contributed by atoms with Gasteiger partial charge in [-0.2, -0.15) is 0 Å². The Morgan fingerprint density at radius 1 is 1.58 bits per heavy atom. The van der Waals surface area contributed by atoms with Gasteiger partial charge in [0.25, 0.3) is 0 Å². The first kappa shape index (κ1) is 9.48. The number of ether oxygens (including phenoxy) is 1. The van der Waals surface area contributed by atoms with E-state index in [1.54, 1.807) is 12.4 Å². The second-order valence-corrected chi connectivity index (χ2v) is 3.64. The van der Waals surface area contributed by atoms with E-state index in [-0.39, 0.29) is 0 Å². The third-order valence-corrected chi connectivity index (χ3v) is 2.27. The molecule has 1 aromatic rings. The summed E-state index contributed by atoms with van der Waals surface area (Å²) in [7, 11) is 0. The minimum absolute atomic E-state index is 0.559. The monoisotopic (exact) mass is 199 g/mol. The molecule has 4 heteroatoms.